The lowest BCUT2D eigenvalue weighted by Crippen LogP contribution is -2.26. The van der Waals surface area contributed by atoms with Crippen LogP contribution in [-0.2, 0) is 7.05 Å². The molecule has 5 heteroatoms. The molecule has 1 aromatic rings. The molecular weight excluding hydrogens is 204 g/mol. The Morgan fingerprint density at radius 1 is 1.75 bits per heavy atom. The van der Waals surface area contributed by atoms with E-state index in [1.165, 1.54) is 6.42 Å². The highest BCUT2D eigenvalue weighted by Crippen LogP contribution is 2.10. The number of nitrogens with zero attached hydrogens (tertiary/aromatic N) is 2. The van der Waals surface area contributed by atoms with Crippen molar-refractivity contribution in [1.82, 2.24) is 20.2 Å². The van der Waals surface area contributed by atoms with Crippen molar-refractivity contribution in [2.24, 2.45) is 13.0 Å². The lowest BCUT2D eigenvalue weighted by molar-refractivity contribution is 0.0947. The third-order valence-corrected chi connectivity index (χ3v) is 2.94. The average Bonchev–Trinajstić information content (AvgIpc) is 2.89. The Balaban J connectivity index is 1.71. The van der Waals surface area contributed by atoms with Crippen molar-refractivity contribution < 1.29 is 4.79 Å². The maximum atomic E-state index is 11.6. The molecule has 1 aromatic heterocycles. The van der Waals surface area contributed by atoms with E-state index in [0.29, 0.717) is 11.6 Å². The predicted molar refractivity (Wildman–Crippen MR) is 61.1 cm³/mol. The number of aromatic nitrogens is 2. The molecule has 1 saturated heterocycles. The zero-order valence-corrected chi connectivity index (χ0v) is 9.57. The fraction of sp³-hybridized carbons (Fsp3) is 0.636. The number of carbonyl (C=O) groups excluding carboxylic acids is 1. The van der Waals surface area contributed by atoms with Gasteiger partial charge in [0.25, 0.3) is 5.91 Å². The van der Waals surface area contributed by atoms with Crippen molar-refractivity contribution in [3.8, 4) is 0 Å². The van der Waals surface area contributed by atoms with Gasteiger partial charge in [-0.3, -0.25) is 4.79 Å². The first-order valence-electron chi connectivity index (χ1n) is 5.72. The van der Waals surface area contributed by atoms with Crippen LogP contribution in [0, 0.1) is 5.92 Å². The number of hydrogen-bond donors (Lipinski definition) is 2. The van der Waals surface area contributed by atoms with Gasteiger partial charge in [0.2, 0.25) is 0 Å². The van der Waals surface area contributed by atoms with Crippen LogP contribution in [0.15, 0.2) is 12.5 Å². The Kier molecular flexibility index (Phi) is 3.56. The summed E-state index contributed by atoms with van der Waals surface area (Å²) in [4.78, 5) is 15.6. The van der Waals surface area contributed by atoms with Crippen molar-refractivity contribution in [3.05, 3.63) is 18.2 Å². The minimum atomic E-state index is -0.0773. The number of aryl methyl sites for hydroxylation is 1. The first-order chi connectivity index (χ1) is 7.75. The summed E-state index contributed by atoms with van der Waals surface area (Å²) in [5.41, 5.74) is 0.493. The first-order valence-corrected chi connectivity index (χ1v) is 5.72. The van der Waals surface area contributed by atoms with Gasteiger partial charge in [0.1, 0.15) is 5.69 Å². The molecule has 0 radical (unpaired) electrons. The van der Waals surface area contributed by atoms with Crippen LogP contribution in [0.1, 0.15) is 23.3 Å². The Labute approximate surface area is 95.2 Å². The van der Waals surface area contributed by atoms with Gasteiger partial charge in [-0.15, -0.1) is 0 Å². The summed E-state index contributed by atoms with van der Waals surface area (Å²) in [5, 5.41) is 6.21. The highest BCUT2D eigenvalue weighted by molar-refractivity contribution is 5.91. The molecule has 1 fully saturated rings. The van der Waals surface area contributed by atoms with Crippen molar-refractivity contribution in [1.29, 1.82) is 0 Å². The Hall–Kier alpha value is -1.36. The summed E-state index contributed by atoms with van der Waals surface area (Å²) in [6.45, 7) is 2.93. The first kappa shape index (κ1) is 11.1. The lowest BCUT2D eigenvalue weighted by atomic mass is 10.1. The monoisotopic (exact) mass is 222 g/mol. The summed E-state index contributed by atoms with van der Waals surface area (Å²) in [6, 6.07) is 0. The molecule has 0 aromatic carbocycles. The summed E-state index contributed by atoms with van der Waals surface area (Å²) in [5.74, 6) is 0.635. The van der Waals surface area contributed by atoms with Crippen LogP contribution in [0.2, 0.25) is 0 Å². The third-order valence-electron chi connectivity index (χ3n) is 2.94. The second kappa shape index (κ2) is 5.12. The zero-order valence-electron chi connectivity index (χ0n) is 9.57. The summed E-state index contributed by atoms with van der Waals surface area (Å²) < 4.78 is 1.77. The molecule has 5 nitrogen and oxygen atoms in total. The quantitative estimate of drug-likeness (QED) is 0.762. The molecule has 1 unspecified atom stereocenters. The van der Waals surface area contributed by atoms with Gasteiger partial charge in [-0.1, -0.05) is 0 Å². The van der Waals surface area contributed by atoms with Gasteiger partial charge >= 0.3 is 0 Å². The van der Waals surface area contributed by atoms with E-state index in [4.69, 9.17) is 0 Å². The summed E-state index contributed by atoms with van der Waals surface area (Å²) in [6.07, 6.45) is 5.63. The second-order valence-corrected chi connectivity index (χ2v) is 4.33. The molecule has 1 atom stereocenters. The number of amides is 1. The second-order valence-electron chi connectivity index (χ2n) is 4.33. The van der Waals surface area contributed by atoms with Gasteiger partial charge in [-0.25, -0.2) is 4.98 Å². The normalized spacial score (nSPS) is 19.9. The molecule has 16 heavy (non-hydrogen) atoms. The molecule has 2 rings (SSSR count). The Bertz CT molecular complexity index is 355. The number of imidazole rings is 1. The topological polar surface area (TPSA) is 59.0 Å². The Morgan fingerprint density at radius 2 is 2.62 bits per heavy atom. The van der Waals surface area contributed by atoms with E-state index in [-0.39, 0.29) is 5.91 Å². The van der Waals surface area contributed by atoms with E-state index >= 15 is 0 Å². The average molecular weight is 222 g/mol. The van der Waals surface area contributed by atoms with E-state index in [1.807, 2.05) is 7.05 Å². The van der Waals surface area contributed by atoms with Gasteiger partial charge < -0.3 is 15.2 Å². The van der Waals surface area contributed by atoms with Crippen molar-refractivity contribution in [3.63, 3.8) is 0 Å². The van der Waals surface area contributed by atoms with Gasteiger partial charge in [0.05, 0.1) is 6.33 Å². The van der Waals surface area contributed by atoms with E-state index < -0.39 is 0 Å². The van der Waals surface area contributed by atoms with Crippen LogP contribution < -0.4 is 10.6 Å². The van der Waals surface area contributed by atoms with Crippen molar-refractivity contribution >= 4 is 5.91 Å². The smallest absolute Gasteiger partial charge is 0.271 e. The fourth-order valence-electron chi connectivity index (χ4n) is 1.97. The van der Waals surface area contributed by atoms with Crippen LogP contribution >= 0.6 is 0 Å². The third kappa shape index (κ3) is 2.82. The zero-order chi connectivity index (χ0) is 11.4. The van der Waals surface area contributed by atoms with E-state index in [0.717, 1.165) is 26.1 Å². The van der Waals surface area contributed by atoms with Gasteiger partial charge in [-0.2, -0.15) is 0 Å². The van der Waals surface area contributed by atoms with Gasteiger partial charge in [0.15, 0.2) is 0 Å². The molecule has 2 heterocycles. The molecule has 2 N–H and O–H groups in total. The molecule has 88 valence electrons. The minimum Gasteiger partial charge on any atom is -0.351 e. The lowest BCUT2D eigenvalue weighted by Gasteiger charge is -2.08. The molecule has 0 spiro atoms. The van der Waals surface area contributed by atoms with Crippen LogP contribution in [0.4, 0.5) is 0 Å². The largest absolute Gasteiger partial charge is 0.351 e. The van der Waals surface area contributed by atoms with Gasteiger partial charge in [0, 0.05) is 19.8 Å². The van der Waals surface area contributed by atoms with Crippen LogP contribution in [-0.4, -0.2) is 35.1 Å². The number of hydrogen-bond acceptors (Lipinski definition) is 3. The highest BCUT2D eigenvalue weighted by Gasteiger charge is 2.14. The van der Waals surface area contributed by atoms with E-state index in [1.54, 1.807) is 17.1 Å². The number of carbonyl (C=O) groups is 1. The highest BCUT2D eigenvalue weighted by atomic mass is 16.1. The van der Waals surface area contributed by atoms with Gasteiger partial charge in [-0.05, 0) is 31.8 Å². The van der Waals surface area contributed by atoms with E-state index in [9.17, 15) is 4.79 Å². The number of rotatable bonds is 4. The molecule has 0 saturated carbocycles. The Morgan fingerprint density at radius 3 is 3.25 bits per heavy atom. The predicted octanol–water partition coefficient (Wildman–Crippen LogP) is 0.150. The molecule has 1 amide bonds. The summed E-state index contributed by atoms with van der Waals surface area (Å²) in [7, 11) is 1.86. The minimum absolute atomic E-state index is 0.0773. The molecule has 0 aliphatic carbocycles. The number of nitrogens with one attached hydrogen (secondary N) is 2. The standard InChI is InChI=1S/C11H18N4O/c1-15-7-10(14-8-15)11(16)13-5-3-9-2-4-12-6-9/h7-9,12H,2-6H2,1H3,(H,13,16). The van der Waals surface area contributed by atoms with Crippen LogP contribution in [0.3, 0.4) is 0 Å². The summed E-state index contributed by atoms with van der Waals surface area (Å²) >= 11 is 0. The van der Waals surface area contributed by atoms with Crippen molar-refractivity contribution in [2.75, 3.05) is 19.6 Å². The fourth-order valence-corrected chi connectivity index (χ4v) is 1.97. The maximum absolute atomic E-state index is 11.6. The van der Waals surface area contributed by atoms with Crippen LogP contribution in [0.25, 0.3) is 0 Å². The maximum Gasteiger partial charge on any atom is 0.271 e. The van der Waals surface area contributed by atoms with E-state index in [2.05, 4.69) is 15.6 Å². The molecule has 1 aliphatic heterocycles. The SMILES string of the molecule is Cn1cnc(C(=O)NCCC2CCNC2)c1. The molecule has 1 aliphatic rings. The van der Waals surface area contributed by atoms with Crippen molar-refractivity contribution in [2.45, 2.75) is 12.8 Å². The molecule has 0 bridgehead atoms. The molecular formula is C11H18N4O. The van der Waals surface area contributed by atoms with Crippen LogP contribution in [0.5, 0.6) is 0 Å².